The second-order valence-electron chi connectivity index (χ2n) is 8.88. The fourth-order valence-corrected chi connectivity index (χ4v) is 4.71. The number of fused-ring (bicyclic) bond motifs is 5. The molecular weight excluding hydrogens is 510 g/mol. The van der Waals surface area contributed by atoms with Crippen LogP contribution in [-0.2, 0) is 0 Å². The molecule has 0 radical (unpaired) electrons. The van der Waals surface area contributed by atoms with E-state index in [4.69, 9.17) is 26.3 Å². The molecule has 1 heterocycles. The number of hydrogen-bond acceptors (Lipinski definition) is 2. The molecule has 7 aromatic carbocycles. The standard InChI is InChI=1S/C40H27NO/c1-4-13-28(14-5-1)29-23-25-32(26-24-29)41(31-17-8-3-9-18-31)37-21-12-22-38-39(37)36-27-35(30-15-6-2-7-16-30)33-19-10-11-20-34(33)40(36)42-38/h1-27H/i1D,3D,4D,5D,8D,9D,10D,11D,12D,13D,14D,17D,18D,19D,20D,21D,22D,23D,24D,25D,26D,27D. The van der Waals surface area contributed by atoms with Crippen LogP contribution in [0.3, 0.4) is 0 Å². The smallest absolute Gasteiger partial charge is 0.143 e. The Kier molecular flexibility index (Phi) is 2.56. The number of hydrogen-bond donors (Lipinski definition) is 0. The summed E-state index contributed by atoms with van der Waals surface area (Å²) in [5.74, 6) is 0. The summed E-state index contributed by atoms with van der Waals surface area (Å²) in [7, 11) is 0. The van der Waals surface area contributed by atoms with E-state index in [2.05, 4.69) is 0 Å². The lowest BCUT2D eigenvalue weighted by molar-refractivity contribution is 0.672. The molecule has 1 aromatic heterocycles. The molecule has 0 saturated heterocycles. The van der Waals surface area contributed by atoms with Crippen LogP contribution in [0.2, 0.25) is 0 Å². The molecular formula is C40H27NO. The summed E-state index contributed by atoms with van der Waals surface area (Å²) < 4.78 is 201. The molecule has 198 valence electrons. The molecule has 0 bridgehead atoms. The Morgan fingerprint density at radius 2 is 1.14 bits per heavy atom. The Labute approximate surface area is 275 Å². The number of furan rings is 1. The van der Waals surface area contributed by atoms with Crippen molar-refractivity contribution < 1.29 is 34.6 Å². The molecule has 2 nitrogen and oxygen atoms in total. The summed E-state index contributed by atoms with van der Waals surface area (Å²) >= 11 is 0. The van der Waals surface area contributed by atoms with Gasteiger partial charge in [-0.1, -0.05) is 121 Å². The lowest BCUT2D eigenvalue weighted by Gasteiger charge is -2.26. The zero-order valence-electron chi connectivity index (χ0n) is 43.2. The zero-order chi connectivity index (χ0) is 47.0. The van der Waals surface area contributed by atoms with Gasteiger partial charge >= 0.3 is 0 Å². The van der Waals surface area contributed by atoms with Crippen LogP contribution in [-0.4, -0.2) is 0 Å². The summed E-state index contributed by atoms with van der Waals surface area (Å²) in [5, 5.41) is -1.33. The topological polar surface area (TPSA) is 16.4 Å². The molecule has 0 saturated carbocycles. The van der Waals surface area contributed by atoms with E-state index in [1.165, 1.54) is 0 Å². The molecule has 8 rings (SSSR count). The molecule has 0 aliphatic rings. The first-order valence-corrected chi connectivity index (χ1v) is 12.5. The molecule has 0 N–H and O–H groups in total. The molecule has 2 heteroatoms. The largest absolute Gasteiger partial charge is 0.455 e. The lowest BCUT2D eigenvalue weighted by Crippen LogP contribution is -2.10. The highest BCUT2D eigenvalue weighted by Crippen LogP contribution is 2.46. The van der Waals surface area contributed by atoms with E-state index < -0.39 is 178 Å². The molecule has 0 unspecified atom stereocenters. The summed E-state index contributed by atoms with van der Waals surface area (Å²) in [6, 6.07) is -11.3. The van der Waals surface area contributed by atoms with E-state index in [0.717, 1.165) is 0 Å². The maximum Gasteiger partial charge on any atom is 0.143 e. The second kappa shape index (κ2) is 10.1. The van der Waals surface area contributed by atoms with Gasteiger partial charge in [0.25, 0.3) is 0 Å². The lowest BCUT2D eigenvalue weighted by atomic mass is 9.95. The minimum Gasteiger partial charge on any atom is -0.455 e. The van der Waals surface area contributed by atoms with Crippen molar-refractivity contribution in [3.8, 4) is 22.3 Å². The van der Waals surface area contributed by atoms with Gasteiger partial charge in [-0.3, -0.25) is 0 Å². The Bertz CT molecular complexity index is 3330. The van der Waals surface area contributed by atoms with E-state index in [1.807, 2.05) is 0 Å². The number of anilines is 3. The van der Waals surface area contributed by atoms with Gasteiger partial charge in [0, 0.05) is 22.1 Å². The van der Waals surface area contributed by atoms with Crippen LogP contribution in [0.4, 0.5) is 17.1 Å². The Morgan fingerprint density at radius 1 is 0.500 bits per heavy atom. The quantitative estimate of drug-likeness (QED) is 0.208. The van der Waals surface area contributed by atoms with E-state index in [-0.39, 0.29) is 27.3 Å². The fourth-order valence-electron chi connectivity index (χ4n) is 4.71. The molecule has 0 aliphatic heterocycles. The average Bonchev–Trinajstić information content (AvgIpc) is 3.68. The average molecular weight is 560 g/mol. The van der Waals surface area contributed by atoms with E-state index in [0.29, 0.717) is 4.90 Å². The predicted octanol–water partition coefficient (Wildman–Crippen LogP) is 11.5. The van der Waals surface area contributed by atoms with Crippen LogP contribution in [0, 0.1) is 0 Å². The molecule has 42 heavy (non-hydrogen) atoms. The van der Waals surface area contributed by atoms with Gasteiger partial charge in [0.2, 0.25) is 0 Å². The minimum absolute atomic E-state index is 0.0849. The van der Waals surface area contributed by atoms with Crippen molar-refractivity contribution in [1.29, 1.82) is 0 Å². The van der Waals surface area contributed by atoms with Crippen molar-refractivity contribution in [2.24, 2.45) is 0 Å². The van der Waals surface area contributed by atoms with Crippen LogP contribution < -0.4 is 4.90 Å². The van der Waals surface area contributed by atoms with Crippen molar-refractivity contribution in [2.45, 2.75) is 0 Å². The summed E-state index contributed by atoms with van der Waals surface area (Å²) in [6.07, 6.45) is 0. The molecule has 8 aromatic rings. The molecule has 0 aliphatic carbocycles. The molecule has 0 atom stereocenters. The second-order valence-corrected chi connectivity index (χ2v) is 8.88. The van der Waals surface area contributed by atoms with Crippen molar-refractivity contribution >= 4 is 49.8 Å². The zero-order valence-corrected chi connectivity index (χ0v) is 21.2. The van der Waals surface area contributed by atoms with Gasteiger partial charge in [0.1, 0.15) is 11.2 Å². The van der Waals surface area contributed by atoms with Gasteiger partial charge < -0.3 is 9.32 Å². The van der Waals surface area contributed by atoms with E-state index in [1.54, 1.807) is 30.3 Å². The van der Waals surface area contributed by atoms with Crippen LogP contribution in [0.5, 0.6) is 0 Å². The highest BCUT2D eigenvalue weighted by molar-refractivity contribution is 6.22. The third kappa shape index (κ3) is 4.05. The monoisotopic (exact) mass is 559 g/mol. The Hall–Kier alpha value is -5.60. The van der Waals surface area contributed by atoms with Gasteiger partial charge in [0.05, 0.1) is 41.2 Å². The first-order valence-electron chi connectivity index (χ1n) is 23.5. The van der Waals surface area contributed by atoms with Crippen LogP contribution in [0.15, 0.2) is 168 Å². The van der Waals surface area contributed by atoms with E-state index >= 15 is 0 Å². The number of nitrogens with zero attached hydrogens (tertiary/aromatic N) is 1. The van der Waals surface area contributed by atoms with Gasteiger partial charge in [0.15, 0.2) is 0 Å². The third-order valence-electron chi connectivity index (χ3n) is 6.50. The van der Waals surface area contributed by atoms with Crippen molar-refractivity contribution in [3.05, 3.63) is 163 Å². The Balaban J connectivity index is 1.67. The molecule has 0 fully saturated rings. The van der Waals surface area contributed by atoms with Crippen molar-refractivity contribution in [1.82, 2.24) is 0 Å². The fraction of sp³-hybridized carbons (Fsp3) is 0. The summed E-state index contributed by atoms with van der Waals surface area (Å²) in [6.45, 7) is 0. The minimum atomic E-state index is -1.09. The van der Waals surface area contributed by atoms with Crippen molar-refractivity contribution in [2.75, 3.05) is 4.90 Å². The maximum atomic E-state index is 9.76. The highest BCUT2D eigenvalue weighted by Gasteiger charge is 2.21. The summed E-state index contributed by atoms with van der Waals surface area (Å²) in [4.78, 5) is 0.579. The number of rotatable bonds is 5. The Morgan fingerprint density at radius 3 is 1.90 bits per heavy atom. The number of para-hydroxylation sites is 1. The highest BCUT2D eigenvalue weighted by atomic mass is 16.3. The first-order chi connectivity index (χ1) is 30.0. The van der Waals surface area contributed by atoms with Gasteiger partial charge in [-0.15, -0.1) is 0 Å². The summed E-state index contributed by atoms with van der Waals surface area (Å²) in [5.41, 5.74) is -4.98. The SMILES string of the molecule is [2H]c1c([2H])c([2H])c(-c2c([2H])c([2H])c(N(c3c([2H])c([2H])c([2H])c([2H])c3[2H])c3c([2H])c([2H])c([2H])c4oc5c6c([2H])c([2H])c([2H])c([2H])c6c(-c6ccccc6)c([2H])c5c34)c([2H])c2[2H])c([2H])c1[2H]. The normalized spacial score (nSPS) is 18.7. The molecule has 0 amide bonds. The maximum absolute atomic E-state index is 9.76. The van der Waals surface area contributed by atoms with Crippen LogP contribution >= 0.6 is 0 Å². The molecule has 0 spiro atoms. The van der Waals surface area contributed by atoms with Gasteiger partial charge in [-0.25, -0.2) is 0 Å². The van der Waals surface area contributed by atoms with Crippen LogP contribution in [0.25, 0.3) is 55.0 Å². The number of benzene rings is 7. The predicted molar refractivity (Wildman–Crippen MR) is 177 cm³/mol. The van der Waals surface area contributed by atoms with Gasteiger partial charge in [-0.2, -0.15) is 0 Å². The third-order valence-corrected chi connectivity index (χ3v) is 6.50. The van der Waals surface area contributed by atoms with Gasteiger partial charge in [-0.05, 0) is 69.9 Å². The van der Waals surface area contributed by atoms with Crippen molar-refractivity contribution in [3.63, 3.8) is 0 Å². The van der Waals surface area contributed by atoms with Crippen LogP contribution in [0.1, 0.15) is 30.2 Å². The van der Waals surface area contributed by atoms with E-state index in [9.17, 15) is 8.22 Å². The first kappa shape index (κ1) is 10.7.